The summed E-state index contributed by atoms with van der Waals surface area (Å²) >= 11 is 0. The van der Waals surface area contributed by atoms with E-state index in [1.807, 2.05) is 30.3 Å². The molecule has 0 atom stereocenters. The maximum absolute atomic E-state index is 11.4. The molecule has 0 fully saturated rings. The number of Topliss-reactive ketones (excluding diaryl/α,β-unsaturated/α-hetero) is 1. The molecular weight excluding hydrogens is 206 g/mol. The van der Waals surface area contributed by atoms with Crippen molar-refractivity contribution in [2.75, 3.05) is 6.61 Å². The Morgan fingerprint density at radius 3 is 2.56 bits per heavy atom. The molecule has 0 unspecified atom stereocenters. The molecule has 4 nitrogen and oxygen atoms in total. The molecule has 0 aliphatic carbocycles. The van der Waals surface area contributed by atoms with E-state index >= 15 is 0 Å². The molecule has 0 aliphatic rings. The number of hydrogen-bond donors (Lipinski definition) is 0. The predicted octanol–water partition coefficient (Wildman–Crippen LogP) is 1.26. The van der Waals surface area contributed by atoms with E-state index in [-0.39, 0.29) is 25.2 Å². The summed E-state index contributed by atoms with van der Waals surface area (Å²) in [5, 5.41) is 8.20. The Balaban J connectivity index is 2.32. The Labute approximate surface area is 93.5 Å². The van der Waals surface area contributed by atoms with Gasteiger partial charge in [-0.25, -0.2) is 0 Å². The Morgan fingerprint density at radius 1 is 1.25 bits per heavy atom. The van der Waals surface area contributed by atoms with E-state index in [9.17, 15) is 9.59 Å². The topological polar surface area (TPSA) is 67.2 Å². The van der Waals surface area contributed by atoms with Gasteiger partial charge in [0.25, 0.3) is 0 Å². The van der Waals surface area contributed by atoms with Gasteiger partial charge in [-0.1, -0.05) is 30.3 Å². The van der Waals surface area contributed by atoms with Crippen molar-refractivity contribution in [1.82, 2.24) is 0 Å². The van der Waals surface area contributed by atoms with Crippen molar-refractivity contribution < 1.29 is 14.3 Å². The quantitative estimate of drug-likeness (QED) is 0.696. The summed E-state index contributed by atoms with van der Waals surface area (Å²) < 4.78 is 4.61. The van der Waals surface area contributed by atoms with Crippen molar-refractivity contribution in [3.8, 4) is 6.07 Å². The van der Waals surface area contributed by atoms with Crippen LogP contribution in [0.4, 0.5) is 0 Å². The Hall–Kier alpha value is -2.15. The average Bonchev–Trinajstić information content (AvgIpc) is 2.28. The number of esters is 1. The fourth-order valence-electron chi connectivity index (χ4n) is 1.15. The molecule has 82 valence electrons. The van der Waals surface area contributed by atoms with Crippen LogP contribution in [0.2, 0.25) is 0 Å². The highest BCUT2D eigenvalue weighted by atomic mass is 16.5. The van der Waals surface area contributed by atoms with E-state index in [2.05, 4.69) is 4.74 Å². The lowest BCUT2D eigenvalue weighted by Gasteiger charge is -2.02. The average molecular weight is 217 g/mol. The van der Waals surface area contributed by atoms with Crippen LogP contribution >= 0.6 is 0 Å². The fraction of sp³-hybridized carbons (Fsp3) is 0.250. The monoisotopic (exact) mass is 217 g/mol. The summed E-state index contributed by atoms with van der Waals surface area (Å²) in [7, 11) is 0. The van der Waals surface area contributed by atoms with Crippen LogP contribution in [0, 0.1) is 11.3 Å². The minimum Gasteiger partial charge on any atom is -0.457 e. The maximum Gasteiger partial charge on any atom is 0.320 e. The van der Waals surface area contributed by atoms with Crippen molar-refractivity contribution in [1.29, 1.82) is 5.26 Å². The van der Waals surface area contributed by atoms with Crippen molar-refractivity contribution >= 4 is 11.8 Å². The zero-order valence-electron chi connectivity index (χ0n) is 8.68. The van der Waals surface area contributed by atoms with Gasteiger partial charge in [0.2, 0.25) is 0 Å². The smallest absolute Gasteiger partial charge is 0.320 e. The highest BCUT2D eigenvalue weighted by molar-refractivity contribution is 5.84. The van der Waals surface area contributed by atoms with Crippen LogP contribution in [0.15, 0.2) is 30.3 Å². The van der Waals surface area contributed by atoms with Crippen molar-refractivity contribution in [2.24, 2.45) is 0 Å². The summed E-state index contributed by atoms with van der Waals surface area (Å²) in [5.41, 5.74) is 0.879. The molecule has 0 aliphatic heterocycles. The molecule has 0 amide bonds. The second kappa shape index (κ2) is 6.36. The van der Waals surface area contributed by atoms with Crippen LogP contribution < -0.4 is 0 Å². The van der Waals surface area contributed by atoms with Gasteiger partial charge in [-0.3, -0.25) is 9.59 Å². The Bertz CT molecular complexity index is 406. The number of nitrogens with zero attached hydrogens (tertiary/aromatic N) is 1. The van der Waals surface area contributed by atoms with E-state index in [4.69, 9.17) is 5.26 Å². The Morgan fingerprint density at radius 2 is 1.94 bits per heavy atom. The summed E-state index contributed by atoms with van der Waals surface area (Å²) in [6, 6.07) is 10.8. The Kier molecular flexibility index (Phi) is 4.74. The maximum atomic E-state index is 11.4. The molecule has 4 heteroatoms. The number of hydrogen-bond acceptors (Lipinski definition) is 4. The number of nitriles is 1. The van der Waals surface area contributed by atoms with Gasteiger partial charge in [0, 0.05) is 6.42 Å². The van der Waals surface area contributed by atoms with Crippen LogP contribution in [0.25, 0.3) is 0 Å². The number of rotatable bonds is 5. The number of ether oxygens (including phenoxy) is 1. The zero-order valence-corrected chi connectivity index (χ0v) is 8.68. The molecule has 0 saturated heterocycles. The van der Waals surface area contributed by atoms with Crippen LogP contribution in [0.1, 0.15) is 12.0 Å². The lowest BCUT2D eigenvalue weighted by molar-refractivity contribution is -0.146. The first-order valence-electron chi connectivity index (χ1n) is 4.80. The molecule has 0 heterocycles. The van der Waals surface area contributed by atoms with Gasteiger partial charge in [-0.05, 0) is 5.56 Å². The first kappa shape index (κ1) is 11.9. The second-order valence-electron chi connectivity index (χ2n) is 3.20. The molecule has 1 aromatic carbocycles. The molecule has 0 N–H and O–H groups in total. The normalized spacial score (nSPS) is 9.19. The summed E-state index contributed by atoms with van der Waals surface area (Å²) in [6.07, 6.45) is -0.0840. The first-order valence-corrected chi connectivity index (χ1v) is 4.80. The van der Waals surface area contributed by atoms with Gasteiger partial charge < -0.3 is 4.74 Å². The summed E-state index contributed by atoms with van der Waals surface area (Å²) in [6.45, 7) is -0.268. The molecule has 0 saturated carbocycles. The largest absolute Gasteiger partial charge is 0.457 e. The lowest BCUT2D eigenvalue weighted by atomic mass is 10.1. The van der Waals surface area contributed by atoms with Crippen LogP contribution in [0.5, 0.6) is 0 Å². The van der Waals surface area contributed by atoms with E-state index in [1.54, 1.807) is 6.07 Å². The highest BCUT2D eigenvalue weighted by Crippen LogP contribution is 2.00. The van der Waals surface area contributed by atoms with E-state index < -0.39 is 5.97 Å². The standard InChI is InChI=1S/C12H11NO3/c13-7-6-12(15)16-9-11(14)8-10-4-2-1-3-5-10/h1-5H,6,8-9H2. The van der Waals surface area contributed by atoms with Crippen LogP contribution in [-0.2, 0) is 20.7 Å². The molecule has 1 aromatic rings. The molecule has 1 rings (SSSR count). The highest BCUT2D eigenvalue weighted by Gasteiger charge is 2.07. The minimum atomic E-state index is -0.663. The molecule has 0 spiro atoms. The molecule has 16 heavy (non-hydrogen) atoms. The minimum absolute atomic E-state index is 0.183. The van der Waals surface area contributed by atoms with Gasteiger partial charge in [-0.2, -0.15) is 5.26 Å². The second-order valence-corrected chi connectivity index (χ2v) is 3.20. The first-order chi connectivity index (χ1) is 7.72. The molecule has 0 radical (unpaired) electrons. The zero-order chi connectivity index (χ0) is 11.8. The van der Waals surface area contributed by atoms with Gasteiger partial charge in [0.05, 0.1) is 6.07 Å². The van der Waals surface area contributed by atoms with Crippen molar-refractivity contribution in [3.63, 3.8) is 0 Å². The van der Waals surface area contributed by atoms with E-state index in [0.717, 1.165) is 5.56 Å². The SMILES string of the molecule is N#CCC(=O)OCC(=O)Cc1ccccc1. The predicted molar refractivity (Wildman–Crippen MR) is 56.3 cm³/mol. The third kappa shape index (κ3) is 4.38. The number of benzene rings is 1. The van der Waals surface area contributed by atoms with E-state index in [0.29, 0.717) is 0 Å². The molecule has 0 bridgehead atoms. The molecule has 0 aromatic heterocycles. The van der Waals surface area contributed by atoms with Gasteiger partial charge in [-0.15, -0.1) is 0 Å². The third-order valence-corrected chi connectivity index (χ3v) is 1.86. The summed E-state index contributed by atoms with van der Waals surface area (Å²) in [4.78, 5) is 22.2. The number of ketones is 1. The third-order valence-electron chi connectivity index (χ3n) is 1.86. The van der Waals surface area contributed by atoms with Crippen LogP contribution in [0.3, 0.4) is 0 Å². The van der Waals surface area contributed by atoms with Crippen LogP contribution in [-0.4, -0.2) is 18.4 Å². The van der Waals surface area contributed by atoms with Crippen molar-refractivity contribution in [2.45, 2.75) is 12.8 Å². The molecular formula is C12H11NO3. The summed E-state index contributed by atoms with van der Waals surface area (Å²) in [5.74, 6) is -0.846. The van der Waals surface area contributed by atoms with Crippen molar-refractivity contribution in [3.05, 3.63) is 35.9 Å². The number of carbonyl (C=O) groups is 2. The fourth-order valence-corrected chi connectivity index (χ4v) is 1.15. The lowest BCUT2D eigenvalue weighted by Crippen LogP contribution is -2.15. The van der Waals surface area contributed by atoms with E-state index in [1.165, 1.54) is 0 Å². The van der Waals surface area contributed by atoms with Gasteiger partial charge in [0.15, 0.2) is 5.78 Å². The number of carbonyl (C=O) groups excluding carboxylic acids is 2. The van der Waals surface area contributed by atoms with Gasteiger partial charge >= 0.3 is 5.97 Å². The van der Waals surface area contributed by atoms with Gasteiger partial charge in [0.1, 0.15) is 13.0 Å².